The Hall–Kier alpha value is -13.7. The zero-order chi connectivity index (χ0) is 102. The van der Waals surface area contributed by atoms with Gasteiger partial charge in [-0.3, -0.25) is 107 Å². The van der Waals surface area contributed by atoms with Crippen LogP contribution >= 0.6 is 35.3 Å². The molecule has 0 unspecified atom stereocenters. The largest absolute Gasteiger partial charge is 0.508 e. The molecular weight excluding hydrogens is 1870 g/mol. The summed E-state index contributed by atoms with van der Waals surface area (Å²) in [5, 5.41) is 119. The maximum absolute atomic E-state index is 15.9. The Labute approximate surface area is 803 Å². The van der Waals surface area contributed by atoms with Crippen LogP contribution in [0.15, 0.2) is 72.8 Å². The summed E-state index contributed by atoms with van der Waals surface area (Å²) in [4.78, 5) is 286. The van der Waals surface area contributed by atoms with Crippen LogP contribution in [-0.2, 0) is 126 Å². The summed E-state index contributed by atoms with van der Waals surface area (Å²) >= 11 is 2.82. The molecule has 1 saturated heterocycles. The molecule has 16 atom stereocenters. The number of carboxylic acid groups (broad SMARTS) is 2. The Kier molecular flexibility index (Phi) is 46.5. The third kappa shape index (κ3) is 38.1. The van der Waals surface area contributed by atoms with E-state index in [1.54, 1.807) is 48.5 Å². The van der Waals surface area contributed by atoms with Gasteiger partial charge in [0.1, 0.15) is 96.4 Å². The van der Waals surface area contributed by atoms with Crippen LogP contribution in [0.2, 0.25) is 0 Å². The number of primary amides is 2. The number of hydrogen-bond acceptors (Lipinski definition) is 30. The lowest BCUT2D eigenvalue weighted by Crippen LogP contribution is -2.62. The van der Waals surface area contributed by atoms with Crippen molar-refractivity contribution in [2.75, 3.05) is 63.3 Å². The van der Waals surface area contributed by atoms with E-state index in [0.717, 1.165) is 40.2 Å². The molecule has 0 aromatic heterocycles. The van der Waals surface area contributed by atoms with Gasteiger partial charge in [0, 0.05) is 67.0 Å². The summed E-state index contributed by atoms with van der Waals surface area (Å²) in [6.07, 6.45) is -5.36. The minimum absolute atomic E-state index is 0.0784. The molecule has 3 heterocycles. The van der Waals surface area contributed by atoms with Crippen molar-refractivity contribution in [3.05, 3.63) is 101 Å². The zero-order valence-electron chi connectivity index (χ0n) is 75.6. The first kappa shape index (κ1) is 113. The van der Waals surface area contributed by atoms with E-state index in [-0.39, 0.29) is 68.3 Å². The van der Waals surface area contributed by atoms with Crippen molar-refractivity contribution >= 4 is 165 Å². The summed E-state index contributed by atoms with van der Waals surface area (Å²) in [5.74, 6) is -28.8. The molecule has 0 radical (unpaired) electrons. The number of aliphatic carboxylic acids is 2. The van der Waals surface area contributed by atoms with E-state index in [9.17, 15) is 103 Å². The quantitative estimate of drug-likeness (QED) is 0.0191. The lowest BCUT2D eigenvalue weighted by Gasteiger charge is -2.31. The number of fused-ring (bicyclic) bond motifs is 6. The number of phenols is 1. The number of phenolic OH excluding ortho intramolecular Hbond substituents is 1. The van der Waals surface area contributed by atoms with Gasteiger partial charge in [0.15, 0.2) is 11.9 Å². The van der Waals surface area contributed by atoms with Gasteiger partial charge in [-0.05, 0) is 91.3 Å². The fourth-order valence-corrected chi connectivity index (χ4v) is 17.1. The minimum Gasteiger partial charge on any atom is -0.508 e. The van der Waals surface area contributed by atoms with Gasteiger partial charge in [-0.25, -0.2) is 0 Å². The standard InChI is InChI=1S/C84H121N25O26S3/c1-40(2)66-81(134)104-57(33-112)78(131)102-55(31-110)76(129)100-54(29-65(118)119)74(127)106-58(68(121)94-30-63(87)115)37-136-34-44-22-45-24-46(23-44)36-138-39-60(82(135)109-21-9-14-61(109)80(133)101-51(75(128)108-66)26-43-15-17-47(113)18-16-43)107-72(125)52(27-62(86)114)98-70(123)49(13-8-20-93-84(90)91)95-71(124)50(25-42-10-5-4-6-11-42)97-69(122)48(12-7-19-92-83(88)89)96-73(126)53(28-64(116)117)99-77(130)56(32-111)103-79(132)59(38-137-35-45)105-67(120)41(3)85/h4-6,10-11,15-18,22-24,40-41,48-61,66,110-113H,7-9,12-14,19-21,25-39,85H2,1-3H3,(H2,86,114)(H2,87,115)(H,94,121)(H,95,124)(H,96,126)(H,97,122)(H,98,123)(H,99,130)(H,100,129)(H,101,133)(H,102,131)(H,103,132)(H,104,134)(H,105,120)(H,106,127)(H,107,125)(H,108,128)(H,116,117)(H,118,119)(H4,88,89,92)(H4,90,91,93)/t41-,48-,49-,50-,51-,52-,53-,54+,55-,56-,57-,58-,59-,60-,61-,66-/m0/s1. The number of aromatic hydroxyl groups is 1. The van der Waals surface area contributed by atoms with Gasteiger partial charge in [-0.2, -0.15) is 35.3 Å². The Bertz CT molecular complexity index is 4870. The van der Waals surface area contributed by atoms with Crippen LogP contribution in [0, 0.1) is 16.7 Å². The lowest BCUT2D eigenvalue weighted by atomic mass is 10.00. The summed E-state index contributed by atoms with van der Waals surface area (Å²) in [7, 11) is 0. The molecule has 18 amide bonds. The number of amides is 18. The number of rotatable bonds is 27. The minimum atomic E-state index is -2.14. The maximum atomic E-state index is 15.9. The second kappa shape index (κ2) is 56.7. The second-order valence-corrected chi connectivity index (χ2v) is 35.9. The van der Waals surface area contributed by atoms with E-state index >= 15 is 24.0 Å². The first-order valence-electron chi connectivity index (χ1n) is 43.6. The summed E-state index contributed by atoms with van der Waals surface area (Å²) in [6, 6.07) is -11.1. The van der Waals surface area contributed by atoms with Crippen molar-refractivity contribution in [3.8, 4) is 5.75 Å². The van der Waals surface area contributed by atoms with Crippen LogP contribution in [0.4, 0.5) is 0 Å². The van der Waals surface area contributed by atoms with E-state index in [1.807, 2.05) is 0 Å². The highest BCUT2D eigenvalue weighted by Gasteiger charge is 2.44. The second-order valence-electron chi connectivity index (χ2n) is 32.8. The van der Waals surface area contributed by atoms with E-state index in [0.29, 0.717) is 27.8 Å². The molecule has 35 N–H and O–H groups in total. The van der Waals surface area contributed by atoms with Crippen molar-refractivity contribution in [1.29, 1.82) is 10.8 Å². The maximum Gasteiger partial charge on any atom is 0.305 e. The van der Waals surface area contributed by atoms with Crippen LogP contribution in [0.25, 0.3) is 0 Å². The Balaban J connectivity index is 1.60. The number of carbonyl (C=O) groups excluding carboxylic acids is 18. The highest BCUT2D eigenvalue weighted by atomic mass is 32.2. The zero-order valence-corrected chi connectivity index (χ0v) is 78.1. The molecule has 51 nitrogen and oxygen atoms in total. The average molecular weight is 1990 g/mol. The highest BCUT2D eigenvalue weighted by Crippen LogP contribution is 2.27. The Morgan fingerprint density at radius 1 is 0.457 bits per heavy atom. The molecule has 54 heteroatoms. The number of carbonyl (C=O) groups is 20. The summed E-state index contributed by atoms with van der Waals surface area (Å²) in [6.45, 7) is -0.912. The van der Waals surface area contributed by atoms with Gasteiger partial charge in [0.05, 0.1) is 51.7 Å². The van der Waals surface area contributed by atoms with Crippen molar-refractivity contribution in [3.63, 3.8) is 0 Å². The fraction of sp³-hybridized carbons (Fsp3) is 0.524. The average Bonchev–Trinajstić information content (AvgIpc) is 1.61. The number of guanidine groups is 2. The lowest BCUT2D eigenvalue weighted by molar-refractivity contribution is -0.142. The van der Waals surface area contributed by atoms with Crippen LogP contribution in [0.3, 0.4) is 0 Å². The van der Waals surface area contributed by atoms with Crippen LogP contribution in [0.5, 0.6) is 5.75 Å². The molecule has 0 aliphatic carbocycles. The molecule has 4 bridgehead atoms. The van der Waals surface area contributed by atoms with E-state index in [2.05, 4.69) is 90.4 Å². The van der Waals surface area contributed by atoms with Gasteiger partial charge < -0.3 is 155 Å². The van der Waals surface area contributed by atoms with E-state index in [1.165, 1.54) is 45.0 Å². The van der Waals surface area contributed by atoms with Gasteiger partial charge >= 0.3 is 11.9 Å². The SMILES string of the molecule is CC(C)[C@@H]1NC(=O)[C@H](Cc2ccc(O)cc2)NC(=O)[C@@H]2CCCN2C(=O)[C@@H]2CSCc3cc(cc(c3)CSC[C@@H](C(=O)NCC(N)=O)NC(=O)[C@@H](CC(=O)O)NC(=O)[C@H](CO)NC(=O)[C@H](CO)NC1=O)CSC[C@H](NC(=O)[C@H](C)N)C(=O)N[C@@H](CO)C(=O)N[C@@H](CC(=O)O)C(=O)N[C@@H](CCCNC(=N)N)C(=O)N[C@@H](Cc1ccccc1)C(=O)N[C@@H](CCCNC(=N)N)C(=O)N[C@@H](CC(N)=O)C(=O)N2. The number of aliphatic hydroxyl groups is 3. The topological polar surface area (TPSA) is 848 Å². The fourth-order valence-electron chi connectivity index (χ4n) is 14.2. The molecule has 6 rings (SSSR count). The van der Waals surface area contributed by atoms with Crippen LogP contribution in [0.1, 0.15) is 106 Å². The normalized spacial score (nSPS) is 24.5. The van der Waals surface area contributed by atoms with Crippen molar-refractivity contribution < 1.29 is 127 Å². The summed E-state index contributed by atoms with van der Waals surface area (Å²) < 4.78 is 0. The number of benzene rings is 3. The van der Waals surface area contributed by atoms with E-state index < -0.39 is 321 Å². The number of nitrogens with zero attached hydrogens (tertiary/aromatic N) is 1. The number of thioether (sulfide) groups is 3. The highest BCUT2D eigenvalue weighted by molar-refractivity contribution is 7.99. The van der Waals surface area contributed by atoms with Gasteiger partial charge in [0.25, 0.3) is 0 Å². The molecular formula is C84H121N25O26S3. The molecule has 1 fully saturated rings. The van der Waals surface area contributed by atoms with Gasteiger partial charge in [-0.1, -0.05) is 74.5 Å². The predicted molar refractivity (Wildman–Crippen MR) is 497 cm³/mol. The Morgan fingerprint density at radius 3 is 1.32 bits per heavy atom. The van der Waals surface area contributed by atoms with Crippen LogP contribution in [-0.4, -0.2) is 326 Å². The third-order valence-corrected chi connectivity index (χ3v) is 24.6. The van der Waals surface area contributed by atoms with Crippen molar-refractivity contribution in [2.24, 2.45) is 34.6 Å². The predicted octanol–water partition coefficient (Wildman–Crippen LogP) is -10.7. The van der Waals surface area contributed by atoms with Crippen molar-refractivity contribution in [2.45, 2.75) is 205 Å². The first-order valence-corrected chi connectivity index (χ1v) is 47.1. The monoisotopic (exact) mass is 1990 g/mol. The molecule has 0 spiro atoms. The number of hydrogen-bond donors (Lipinski definition) is 30. The van der Waals surface area contributed by atoms with Crippen molar-refractivity contribution in [1.82, 2.24) is 95.3 Å². The number of nitrogens with two attached hydrogens (primary N) is 5. The first-order chi connectivity index (χ1) is 65.4. The molecule has 3 aliphatic rings. The molecule has 3 aromatic carbocycles. The molecule has 756 valence electrons. The number of nitrogens with one attached hydrogen (secondary N) is 19. The number of carboxylic acids is 2. The smallest absolute Gasteiger partial charge is 0.305 e. The number of aliphatic hydroxyl groups excluding tert-OH is 3. The van der Waals surface area contributed by atoms with Gasteiger partial charge in [-0.15, -0.1) is 0 Å². The summed E-state index contributed by atoms with van der Waals surface area (Å²) in [5.41, 5.74) is 30.1. The third-order valence-electron chi connectivity index (χ3n) is 21.3. The molecule has 3 aromatic rings. The van der Waals surface area contributed by atoms with Gasteiger partial charge in [0.2, 0.25) is 106 Å². The Morgan fingerprint density at radius 2 is 0.855 bits per heavy atom. The molecule has 3 aliphatic heterocycles. The van der Waals surface area contributed by atoms with E-state index in [4.69, 9.17) is 39.5 Å². The molecule has 0 saturated carbocycles. The molecule has 138 heavy (non-hydrogen) atoms. The van der Waals surface area contributed by atoms with Crippen LogP contribution < -0.4 is 119 Å².